The number of aromatic nitrogens is 1. The summed E-state index contributed by atoms with van der Waals surface area (Å²) in [6, 6.07) is 7.85. The molecule has 0 aliphatic carbocycles. The van der Waals surface area contributed by atoms with Gasteiger partial charge in [0.25, 0.3) is 0 Å². The van der Waals surface area contributed by atoms with E-state index in [1.807, 2.05) is 24.3 Å². The molecular formula is C12H10BrNO2. The first-order valence-electron chi connectivity index (χ1n) is 4.86. The Labute approximate surface area is 102 Å². The molecule has 0 amide bonds. The molecule has 1 heterocycles. The van der Waals surface area contributed by atoms with Crippen LogP contribution in [0.1, 0.15) is 28.9 Å². The van der Waals surface area contributed by atoms with Crippen LogP contribution in [0.3, 0.4) is 0 Å². The lowest BCUT2D eigenvalue weighted by Gasteiger charge is -1.99. The van der Waals surface area contributed by atoms with Crippen molar-refractivity contribution in [2.24, 2.45) is 0 Å². The highest BCUT2D eigenvalue weighted by atomic mass is 79.9. The van der Waals surface area contributed by atoms with E-state index >= 15 is 0 Å². The number of halogens is 1. The maximum atomic E-state index is 11.0. The van der Waals surface area contributed by atoms with Crippen LogP contribution in [-0.2, 0) is 6.42 Å². The van der Waals surface area contributed by atoms with Gasteiger partial charge in [-0.15, -0.1) is 0 Å². The highest BCUT2D eigenvalue weighted by molar-refractivity contribution is 9.10. The molecule has 2 aromatic rings. The second-order valence-corrected chi connectivity index (χ2v) is 4.30. The lowest BCUT2D eigenvalue weighted by atomic mass is 10.1. The normalized spacial score (nSPS) is 10.4. The molecular weight excluding hydrogens is 270 g/mol. The van der Waals surface area contributed by atoms with E-state index in [9.17, 15) is 4.79 Å². The first-order valence-corrected chi connectivity index (χ1v) is 5.65. The van der Waals surface area contributed by atoms with Gasteiger partial charge >= 0.3 is 0 Å². The third-order valence-electron chi connectivity index (χ3n) is 2.20. The molecule has 0 spiro atoms. The van der Waals surface area contributed by atoms with E-state index in [1.165, 1.54) is 13.1 Å². The van der Waals surface area contributed by atoms with Crippen molar-refractivity contribution in [2.75, 3.05) is 0 Å². The second-order valence-electron chi connectivity index (χ2n) is 3.44. The standard InChI is InChI=1S/C12H10BrNO2/c1-8(15)11-7-14-12(16-11)6-9-4-2-3-5-10(9)13/h2-5,7H,6H2,1H3. The molecule has 2 rings (SSSR count). The van der Waals surface area contributed by atoms with Crippen LogP contribution in [0, 0.1) is 0 Å². The fourth-order valence-corrected chi connectivity index (χ4v) is 1.78. The van der Waals surface area contributed by atoms with Gasteiger partial charge in [-0.25, -0.2) is 4.98 Å². The molecule has 1 aromatic heterocycles. The van der Waals surface area contributed by atoms with Crippen LogP contribution in [0.4, 0.5) is 0 Å². The van der Waals surface area contributed by atoms with E-state index in [0.29, 0.717) is 18.1 Å². The molecule has 4 heteroatoms. The summed E-state index contributed by atoms with van der Waals surface area (Å²) >= 11 is 3.45. The van der Waals surface area contributed by atoms with Gasteiger partial charge in [0.2, 0.25) is 0 Å². The molecule has 0 radical (unpaired) electrons. The molecule has 82 valence electrons. The Hall–Kier alpha value is -1.42. The Morgan fingerprint density at radius 2 is 2.19 bits per heavy atom. The lowest BCUT2D eigenvalue weighted by molar-refractivity contribution is 0.0985. The number of carbonyl (C=O) groups excluding carboxylic acids is 1. The average molecular weight is 280 g/mol. The van der Waals surface area contributed by atoms with Crippen molar-refractivity contribution in [2.45, 2.75) is 13.3 Å². The topological polar surface area (TPSA) is 43.1 Å². The molecule has 0 aliphatic rings. The van der Waals surface area contributed by atoms with E-state index < -0.39 is 0 Å². The molecule has 0 unspecified atom stereocenters. The van der Waals surface area contributed by atoms with Gasteiger partial charge in [0.15, 0.2) is 17.4 Å². The summed E-state index contributed by atoms with van der Waals surface area (Å²) in [4.78, 5) is 15.1. The number of rotatable bonds is 3. The average Bonchev–Trinajstić information content (AvgIpc) is 2.70. The van der Waals surface area contributed by atoms with Gasteiger partial charge in [-0.3, -0.25) is 4.79 Å². The summed E-state index contributed by atoms with van der Waals surface area (Å²) in [5.74, 6) is 0.755. The predicted molar refractivity (Wildman–Crippen MR) is 63.5 cm³/mol. The number of carbonyl (C=O) groups is 1. The summed E-state index contributed by atoms with van der Waals surface area (Å²) in [6.45, 7) is 1.46. The first kappa shape index (κ1) is 11.1. The zero-order valence-electron chi connectivity index (χ0n) is 8.74. The molecule has 0 bridgehead atoms. The Morgan fingerprint density at radius 3 is 2.81 bits per heavy atom. The van der Waals surface area contributed by atoms with Gasteiger partial charge in [-0.1, -0.05) is 34.1 Å². The van der Waals surface area contributed by atoms with E-state index in [0.717, 1.165) is 10.0 Å². The minimum absolute atomic E-state index is 0.106. The maximum absolute atomic E-state index is 11.0. The van der Waals surface area contributed by atoms with Gasteiger partial charge in [0.05, 0.1) is 12.6 Å². The largest absolute Gasteiger partial charge is 0.437 e. The molecule has 0 N–H and O–H groups in total. The van der Waals surface area contributed by atoms with Crippen LogP contribution in [0.5, 0.6) is 0 Å². The van der Waals surface area contributed by atoms with Crippen LogP contribution in [0.2, 0.25) is 0 Å². The van der Waals surface area contributed by atoms with Gasteiger partial charge in [0.1, 0.15) is 0 Å². The van der Waals surface area contributed by atoms with Crippen molar-refractivity contribution in [1.82, 2.24) is 4.98 Å². The number of Topliss-reactive ketones (excluding diaryl/α,β-unsaturated/α-hetero) is 1. The zero-order chi connectivity index (χ0) is 11.5. The van der Waals surface area contributed by atoms with Crippen molar-refractivity contribution >= 4 is 21.7 Å². The highest BCUT2D eigenvalue weighted by Gasteiger charge is 2.09. The van der Waals surface area contributed by atoms with Crippen LogP contribution < -0.4 is 0 Å². The van der Waals surface area contributed by atoms with Crippen molar-refractivity contribution in [3.63, 3.8) is 0 Å². The number of nitrogens with zero attached hydrogens (tertiary/aromatic N) is 1. The monoisotopic (exact) mass is 279 g/mol. The smallest absolute Gasteiger partial charge is 0.199 e. The summed E-state index contributed by atoms with van der Waals surface area (Å²) in [5.41, 5.74) is 1.08. The van der Waals surface area contributed by atoms with E-state index in [2.05, 4.69) is 20.9 Å². The molecule has 0 saturated heterocycles. The highest BCUT2D eigenvalue weighted by Crippen LogP contribution is 2.19. The Morgan fingerprint density at radius 1 is 1.44 bits per heavy atom. The Balaban J connectivity index is 2.21. The Kier molecular flexibility index (Phi) is 3.19. The van der Waals surface area contributed by atoms with Crippen LogP contribution >= 0.6 is 15.9 Å². The fraction of sp³-hybridized carbons (Fsp3) is 0.167. The minimum Gasteiger partial charge on any atom is -0.437 e. The molecule has 0 fully saturated rings. The molecule has 0 atom stereocenters. The third-order valence-corrected chi connectivity index (χ3v) is 2.97. The summed E-state index contributed by atoms with van der Waals surface area (Å²) in [6.07, 6.45) is 2.04. The predicted octanol–water partition coefficient (Wildman–Crippen LogP) is 3.23. The van der Waals surface area contributed by atoms with Gasteiger partial charge in [-0.05, 0) is 11.6 Å². The number of oxazole rings is 1. The van der Waals surface area contributed by atoms with Gasteiger partial charge < -0.3 is 4.42 Å². The first-order chi connectivity index (χ1) is 7.66. The van der Waals surface area contributed by atoms with E-state index in [-0.39, 0.29) is 5.78 Å². The van der Waals surface area contributed by atoms with E-state index in [4.69, 9.17) is 4.42 Å². The molecule has 1 aromatic carbocycles. The van der Waals surface area contributed by atoms with Crippen molar-refractivity contribution < 1.29 is 9.21 Å². The molecule has 0 saturated carbocycles. The lowest BCUT2D eigenvalue weighted by Crippen LogP contribution is -1.89. The SMILES string of the molecule is CC(=O)c1cnc(Cc2ccccc2Br)o1. The fourth-order valence-electron chi connectivity index (χ4n) is 1.36. The molecule has 0 aliphatic heterocycles. The van der Waals surface area contributed by atoms with Crippen molar-refractivity contribution in [3.05, 3.63) is 52.1 Å². The van der Waals surface area contributed by atoms with Crippen molar-refractivity contribution in [3.8, 4) is 0 Å². The van der Waals surface area contributed by atoms with Gasteiger partial charge in [0, 0.05) is 11.4 Å². The van der Waals surface area contributed by atoms with Gasteiger partial charge in [-0.2, -0.15) is 0 Å². The number of hydrogen-bond acceptors (Lipinski definition) is 3. The molecule has 16 heavy (non-hydrogen) atoms. The maximum Gasteiger partial charge on any atom is 0.199 e. The number of hydrogen-bond donors (Lipinski definition) is 0. The van der Waals surface area contributed by atoms with Crippen LogP contribution in [-0.4, -0.2) is 10.8 Å². The summed E-state index contributed by atoms with van der Waals surface area (Å²) < 4.78 is 6.33. The minimum atomic E-state index is -0.106. The van der Waals surface area contributed by atoms with Crippen LogP contribution in [0.15, 0.2) is 39.4 Å². The second kappa shape index (κ2) is 4.61. The number of ketones is 1. The number of benzene rings is 1. The third kappa shape index (κ3) is 2.39. The quantitative estimate of drug-likeness (QED) is 0.811. The summed E-state index contributed by atoms with van der Waals surface area (Å²) in [7, 11) is 0. The summed E-state index contributed by atoms with van der Waals surface area (Å²) in [5, 5.41) is 0. The Bertz CT molecular complexity index is 519. The van der Waals surface area contributed by atoms with Crippen molar-refractivity contribution in [1.29, 1.82) is 0 Å². The van der Waals surface area contributed by atoms with E-state index in [1.54, 1.807) is 0 Å². The molecule has 3 nitrogen and oxygen atoms in total. The zero-order valence-corrected chi connectivity index (χ0v) is 10.3. The van der Waals surface area contributed by atoms with Crippen LogP contribution in [0.25, 0.3) is 0 Å².